The normalized spacial score (nSPS) is 10.7. The van der Waals surface area contributed by atoms with E-state index in [2.05, 4.69) is 55.8 Å². The second-order valence-electron chi connectivity index (χ2n) is 5.96. The summed E-state index contributed by atoms with van der Waals surface area (Å²) in [4.78, 5) is 13.3. The van der Waals surface area contributed by atoms with Gasteiger partial charge in [-0.1, -0.05) is 54.6 Å². The summed E-state index contributed by atoms with van der Waals surface area (Å²) < 4.78 is 0. The first kappa shape index (κ1) is 16.2. The molecule has 116 valence electrons. The third kappa shape index (κ3) is 5.70. The highest BCUT2D eigenvalue weighted by atomic mass is 16.1. The second kappa shape index (κ2) is 8.35. The average Bonchev–Trinajstić information content (AvgIpc) is 2.53. The molecule has 0 heterocycles. The molecule has 0 fully saturated rings. The molecule has 0 aliphatic heterocycles. The molecule has 0 unspecified atom stereocenters. The van der Waals surface area contributed by atoms with E-state index in [1.54, 1.807) is 0 Å². The summed E-state index contributed by atoms with van der Waals surface area (Å²) in [6, 6.07) is 18.6. The number of carbonyl (C=O) groups is 1. The number of quaternary nitrogens is 1. The van der Waals surface area contributed by atoms with E-state index in [9.17, 15) is 4.79 Å². The summed E-state index contributed by atoms with van der Waals surface area (Å²) in [5.41, 5.74) is 3.66. The Hall–Kier alpha value is -2.13. The molecule has 0 aliphatic rings. The van der Waals surface area contributed by atoms with Gasteiger partial charge in [-0.2, -0.15) is 0 Å². The molecular weight excluding hydrogens is 272 g/mol. The van der Waals surface area contributed by atoms with Crippen LogP contribution >= 0.6 is 0 Å². The van der Waals surface area contributed by atoms with Crippen LogP contribution < -0.4 is 10.2 Å². The van der Waals surface area contributed by atoms with Crippen LogP contribution in [0.5, 0.6) is 0 Å². The monoisotopic (exact) mass is 297 g/mol. The molecular formula is C19H25N2O+. The minimum Gasteiger partial charge on any atom is -0.352 e. The van der Waals surface area contributed by atoms with Crippen molar-refractivity contribution in [2.75, 3.05) is 14.1 Å². The van der Waals surface area contributed by atoms with E-state index in [1.807, 2.05) is 18.2 Å². The second-order valence-corrected chi connectivity index (χ2v) is 5.96. The van der Waals surface area contributed by atoms with Crippen LogP contribution in [0.25, 0.3) is 0 Å². The predicted molar refractivity (Wildman–Crippen MR) is 89.6 cm³/mol. The van der Waals surface area contributed by atoms with Crippen molar-refractivity contribution < 1.29 is 9.69 Å². The Morgan fingerprint density at radius 1 is 0.909 bits per heavy atom. The smallest absolute Gasteiger partial charge is 0.220 e. The zero-order valence-electron chi connectivity index (χ0n) is 13.4. The Bertz CT molecular complexity index is 576. The van der Waals surface area contributed by atoms with Crippen LogP contribution in [0, 0.1) is 0 Å². The van der Waals surface area contributed by atoms with Gasteiger partial charge in [0.25, 0.3) is 0 Å². The van der Waals surface area contributed by atoms with Gasteiger partial charge in [-0.15, -0.1) is 0 Å². The van der Waals surface area contributed by atoms with Gasteiger partial charge in [0, 0.05) is 18.5 Å². The van der Waals surface area contributed by atoms with Gasteiger partial charge in [0.05, 0.1) is 14.1 Å². The summed E-state index contributed by atoms with van der Waals surface area (Å²) in [6.07, 6.45) is 1.32. The van der Waals surface area contributed by atoms with Crippen molar-refractivity contribution >= 4 is 5.91 Å². The fourth-order valence-corrected chi connectivity index (χ4v) is 2.37. The molecule has 0 bridgehead atoms. The Balaban J connectivity index is 1.74. The number of benzene rings is 2. The molecule has 0 aromatic heterocycles. The number of rotatable bonds is 7. The fraction of sp³-hybridized carbons (Fsp3) is 0.316. The summed E-state index contributed by atoms with van der Waals surface area (Å²) in [7, 11) is 4.28. The Labute approximate surface area is 133 Å². The van der Waals surface area contributed by atoms with Crippen molar-refractivity contribution in [3.63, 3.8) is 0 Å². The lowest BCUT2D eigenvalue weighted by molar-refractivity contribution is -0.872. The minimum absolute atomic E-state index is 0.102. The number of aryl methyl sites for hydroxylation is 1. The summed E-state index contributed by atoms with van der Waals surface area (Å²) in [5, 5.41) is 2.99. The molecule has 0 saturated carbocycles. The first-order chi connectivity index (χ1) is 10.6. The van der Waals surface area contributed by atoms with E-state index in [-0.39, 0.29) is 5.91 Å². The lowest BCUT2D eigenvalue weighted by Gasteiger charge is -2.09. The molecule has 1 amide bonds. The van der Waals surface area contributed by atoms with Crippen molar-refractivity contribution in [3.8, 4) is 0 Å². The van der Waals surface area contributed by atoms with Crippen LogP contribution in [0.2, 0.25) is 0 Å². The lowest BCUT2D eigenvalue weighted by Crippen LogP contribution is -3.04. The fourth-order valence-electron chi connectivity index (χ4n) is 2.37. The molecule has 2 aromatic carbocycles. The van der Waals surface area contributed by atoms with Crippen molar-refractivity contribution in [1.82, 2.24) is 5.32 Å². The molecule has 0 saturated heterocycles. The van der Waals surface area contributed by atoms with Crippen molar-refractivity contribution in [2.24, 2.45) is 0 Å². The van der Waals surface area contributed by atoms with Crippen LogP contribution in [0.4, 0.5) is 0 Å². The maximum Gasteiger partial charge on any atom is 0.220 e. The van der Waals surface area contributed by atoms with E-state index in [0.717, 1.165) is 18.5 Å². The predicted octanol–water partition coefficient (Wildman–Crippen LogP) is 1.58. The van der Waals surface area contributed by atoms with Crippen LogP contribution in [0.15, 0.2) is 54.6 Å². The van der Waals surface area contributed by atoms with Gasteiger partial charge in [0.1, 0.15) is 6.54 Å². The Kier molecular flexibility index (Phi) is 6.16. The standard InChI is InChI=1S/C19H24N2O/c1-21(2)15-18-10-8-17(9-11-18)14-20-19(22)13-12-16-6-4-3-5-7-16/h3-11H,12-15H2,1-2H3,(H,20,22)/p+1. The van der Waals surface area contributed by atoms with Gasteiger partial charge < -0.3 is 10.2 Å². The Morgan fingerprint density at radius 2 is 1.55 bits per heavy atom. The molecule has 3 nitrogen and oxygen atoms in total. The van der Waals surface area contributed by atoms with Crippen LogP contribution in [-0.2, 0) is 24.3 Å². The molecule has 2 rings (SSSR count). The van der Waals surface area contributed by atoms with E-state index in [1.165, 1.54) is 16.0 Å². The third-order valence-corrected chi connectivity index (χ3v) is 3.55. The quantitative estimate of drug-likeness (QED) is 0.799. The molecule has 0 atom stereocenters. The van der Waals surface area contributed by atoms with Crippen molar-refractivity contribution in [1.29, 1.82) is 0 Å². The SMILES string of the molecule is C[NH+](C)Cc1ccc(CNC(=O)CCc2ccccc2)cc1. The largest absolute Gasteiger partial charge is 0.352 e. The summed E-state index contributed by atoms with van der Waals surface area (Å²) in [5.74, 6) is 0.102. The van der Waals surface area contributed by atoms with E-state index >= 15 is 0 Å². The topological polar surface area (TPSA) is 33.5 Å². The summed E-state index contributed by atoms with van der Waals surface area (Å²) in [6.45, 7) is 1.62. The zero-order chi connectivity index (χ0) is 15.8. The Morgan fingerprint density at radius 3 is 2.18 bits per heavy atom. The van der Waals surface area contributed by atoms with Gasteiger partial charge in [-0.25, -0.2) is 0 Å². The molecule has 0 radical (unpaired) electrons. The highest BCUT2D eigenvalue weighted by Crippen LogP contribution is 2.05. The number of carbonyl (C=O) groups excluding carboxylic acids is 1. The average molecular weight is 297 g/mol. The number of hydrogen-bond donors (Lipinski definition) is 2. The van der Waals surface area contributed by atoms with Crippen LogP contribution in [0.3, 0.4) is 0 Å². The highest BCUT2D eigenvalue weighted by molar-refractivity contribution is 5.76. The zero-order valence-corrected chi connectivity index (χ0v) is 13.4. The maximum atomic E-state index is 11.9. The first-order valence-corrected chi connectivity index (χ1v) is 7.81. The van der Waals surface area contributed by atoms with Gasteiger partial charge in [-0.3, -0.25) is 4.79 Å². The molecule has 3 heteroatoms. The lowest BCUT2D eigenvalue weighted by atomic mass is 10.1. The van der Waals surface area contributed by atoms with Gasteiger partial charge >= 0.3 is 0 Å². The van der Waals surface area contributed by atoms with Crippen LogP contribution in [-0.4, -0.2) is 20.0 Å². The highest BCUT2D eigenvalue weighted by Gasteiger charge is 2.03. The molecule has 0 aliphatic carbocycles. The van der Waals surface area contributed by atoms with Crippen molar-refractivity contribution in [2.45, 2.75) is 25.9 Å². The van der Waals surface area contributed by atoms with E-state index in [4.69, 9.17) is 0 Å². The molecule has 2 N–H and O–H groups in total. The number of nitrogens with one attached hydrogen (secondary N) is 2. The molecule has 0 spiro atoms. The molecule has 22 heavy (non-hydrogen) atoms. The van der Waals surface area contributed by atoms with Gasteiger partial charge in [-0.05, 0) is 17.5 Å². The molecule has 2 aromatic rings. The maximum absolute atomic E-state index is 11.9. The number of amides is 1. The van der Waals surface area contributed by atoms with Crippen molar-refractivity contribution in [3.05, 3.63) is 71.3 Å². The number of hydrogen-bond acceptors (Lipinski definition) is 1. The van der Waals surface area contributed by atoms with Crippen LogP contribution in [0.1, 0.15) is 23.1 Å². The van der Waals surface area contributed by atoms with Gasteiger partial charge in [0.2, 0.25) is 5.91 Å². The minimum atomic E-state index is 0.102. The summed E-state index contributed by atoms with van der Waals surface area (Å²) >= 11 is 0. The van der Waals surface area contributed by atoms with Gasteiger partial charge in [0.15, 0.2) is 0 Å². The first-order valence-electron chi connectivity index (χ1n) is 7.81. The van der Waals surface area contributed by atoms with E-state index in [0.29, 0.717) is 13.0 Å². The van der Waals surface area contributed by atoms with E-state index < -0.39 is 0 Å². The third-order valence-electron chi connectivity index (χ3n) is 3.55.